The zero-order valence-corrected chi connectivity index (χ0v) is 16.0. The number of aromatic nitrogens is 4. The first kappa shape index (κ1) is 20.7. The summed E-state index contributed by atoms with van der Waals surface area (Å²) < 4.78 is 7.15. The average Bonchev–Trinajstić information content (AvgIpc) is 3.23. The standard InChI is InChI=1S/C15H23N7O5S/c1-28-3-2-7(16)14(25)21-26-4-8-10(23)11(24)15(27-8)22-6-20-9-12(17)18-5-19-13(9)22/h5-8,10-11,15,23-24H,2-4,16H2,1H3,(H,21,25)(H2,17,18,19)/t7-,8+,10+,11+,15?/m0/s1. The molecule has 7 N–H and O–H groups in total. The van der Waals surface area contributed by atoms with E-state index in [4.69, 9.17) is 21.0 Å². The molecule has 1 aliphatic heterocycles. The highest BCUT2D eigenvalue weighted by atomic mass is 32.2. The molecule has 3 heterocycles. The first-order valence-corrected chi connectivity index (χ1v) is 9.94. The molecule has 1 unspecified atom stereocenters. The minimum absolute atomic E-state index is 0.181. The van der Waals surface area contributed by atoms with Crippen molar-refractivity contribution in [2.45, 2.75) is 37.0 Å². The lowest BCUT2D eigenvalue weighted by molar-refractivity contribution is -0.141. The van der Waals surface area contributed by atoms with Gasteiger partial charge in [0.1, 0.15) is 36.8 Å². The maximum Gasteiger partial charge on any atom is 0.260 e. The molecule has 28 heavy (non-hydrogen) atoms. The maximum absolute atomic E-state index is 11.8. The van der Waals surface area contributed by atoms with Gasteiger partial charge in [0.25, 0.3) is 5.91 Å². The number of amides is 1. The number of ether oxygens (including phenoxy) is 1. The van der Waals surface area contributed by atoms with Crippen LogP contribution in [0.3, 0.4) is 0 Å². The highest BCUT2D eigenvalue weighted by molar-refractivity contribution is 7.98. The molecule has 1 aliphatic rings. The molecule has 0 aliphatic carbocycles. The second-order valence-electron chi connectivity index (χ2n) is 6.29. The van der Waals surface area contributed by atoms with E-state index in [1.807, 2.05) is 6.26 Å². The molecule has 2 aromatic heterocycles. The third-order valence-electron chi connectivity index (χ3n) is 4.39. The van der Waals surface area contributed by atoms with Crippen molar-refractivity contribution in [1.29, 1.82) is 0 Å². The topological polar surface area (TPSA) is 184 Å². The third kappa shape index (κ3) is 4.19. The van der Waals surface area contributed by atoms with Gasteiger partial charge in [0.05, 0.1) is 12.4 Å². The van der Waals surface area contributed by atoms with Crippen LogP contribution in [-0.2, 0) is 14.4 Å². The Kier molecular flexibility index (Phi) is 6.64. The molecule has 5 atom stereocenters. The van der Waals surface area contributed by atoms with Gasteiger partial charge in [0.2, 0.25) is 0 Å². The number of aliphatic hydroxyl groups excluding tert-OH is 2. The number of thioether (sulfide) groups is 1. The van der Waals surface area contributed by atoms with Crippen LogP contribution in [0.15, 0.2) is 12.7 Å². The number of hydroxylamine groups is 1. The summed E-state index contributed by atoms with van der Waals surface area (Å²) in [4.78, 5) is 29.0. The lowest BCUT2D eigenvalue weighted by Gasteiger charge is -2.16. The normalized spacial score (nSPS) is 25.9. The SMILES string of the molecule is CSCC[C@H](N)C(=O)NOC[C@H]1OC(n2cnc3c(N)ncnc32)[C@H](O)[C@@H]1O. The van der Waals surface area contributed by atoms with Gasteiger partial charge in [0, 0.05) is 0 Å². The number of nitrogen functional groups attached to an aromatic ring is 1. The van der Waals surface area contributed by atoms with Gasteiger partial charge in [-0.1, -0.05) is 0 Å². The molecule has 2 aromatic rings. The van der Waals surface area contributed by atoms with Crippen LogP contribution in [0.1, 0.15) is 12.6 Å². The van der Waals surface area contributed by atoms with Gasteiger partial charge < -0.3 is 26.4 Å². The molecule has 0 spiro atoms. The number of hydrogen-bond acceptors (Lipinski definition) is 11. The van der Waals surface area contributed by atoms with E-state index in [0.717, 1.165) is 5.75 Å². The predicted molar refractivity (Wildman–Crippen MR) is 101 cm³/mol. The molecule has 12 nitrogen and oxygen atoms in total. The molecule has 1 amide bonds. The van der Waals surface area contributed by atoms with E-state index in [1.54, 1.807) is 11.8 Å². The quantitative estimate of drug-likeness (QED) is 0.306. The Morgan fingerprint density at radius 1 is 1.43 bits per heavy atom. The number of nitrogens with two attached hydrogens (primary N) is 2. The van der Waals surface area contributed by atoms with Gasteiger partial charge in [-0.15, -0.1) is 0 Å². The smallest absolute Gasteiger partial charge is 0.260 e. The summed E-state index contributed by atoms with van der Waals surface area (Å²) in [6.45, 7) is -0.181. The van der Waals surface area contributed by atoms with Crippen LogP contribution in [0.25, 0.3) is 11.2 Å². The van der Waals surface area contributed by atoms with Crippen molar-refractivity contribution in [2.75, 3.05) is 24.3 Å². The van der Waals surface area contributed by atoms with Gasteiger partial charge in [0.15, 0.2) is 17.7 Å². The first-order valence-electron chi connectivity index (χ1n) is 8.54. The summed E-state index contributed by atoms with van der Waals surface area (Å²) in [6, 6.07) is -0.692. The van der Waals surface area contributed by atoms with E-state index in [-0.39, 0.29) is 12.4 Å². The summed E-state index contributed by atoms with van der Waals surface area (Å²) in [7, 11) is 0. The number of anilines is 1. The summed E-state index contributed by atoms with van der Waals surface area (Å²) in [5.74, 6) is 0.475. The summed E-state index contributed by atoms with van der Waals surface area (Å²) in [6.07, 6.45) is 0.743. The molecule has 0 bridgehead atoms. The van der Waals surface area contributed by atoms with Crippen LogP contribution < -0.4 is 16.9 Å². The van der Waals surface area contributed by atoms with Gasteiger partial charge in [-0.05, 0) is 18.4 Å². The molecular formula is C15H23N7O5S. The second-order valence-corrected chi connectivity index (χ2v) is 7.28. The van der Waals surface area contributed by atoms with E-state index >= 15 is 0 Å². The van der Waals surface area contributed by atoms with Crippen molar-refractivity contribution in [2.24, 2.45) is 5.73 Å². The number of carbonyl (C=O) groups excluding carboxylic acids is 1. The van der Waals surface area contributed by atoms with E-state index < -0.39 is 36.5 Å². The van der Waals surface area contributed by atoms with Crippen LogP contribution in [0.5, 0.6) is 0 Å². The molecular weight excluding hydrogens is 390 g/mol. The summed E-state index contributed by atoms with van der Waals surface area (Å²) in [5.41, 5.74) is 14.5. The Hall–Kier alpha value is -2.03. The van der Waals surface area contributed by atoms with Gasteiger partial charge in [-0.25, -0.2) is 20.4 Å². The van der Waals surface area contributed by atoms with Crippen LogP contribution in [0.4, 0.5) is 5.82 Å². The number of carbonyl (C=O) groups is 1. The van der Waals surface area contributed by atoms with Crippen LogP contribution in [0, 0.1) is 0 Å². The fraction of sp³-hybridized carbons (Fsp3) is 0.600. The Balaban J connectivity index is 1.60. The van der Waals surface area contributed by atoms with Crippen molar-refractivity contribution in [3.63, 3.8) is 0 Å². The number of hydrogen-bond donors (Lipinski definition) is 5. The summed E-state index contributed by atoms with van der Waals surface area (Å²) >= 11 is 1.59. The first-order chi connectivity index (χ1) is 13.4. The number of rotatable bonds is 8. The highest BCUT2D eigenvalue weighted by Crippen LogP contribution is 2.31. The maximum atomic E-state index is 11.8. The van der Waals surface area contributed by atoms with Crippen LogP contribution >= 0.6 is 11.8 Å². The van der Waals surface area contributed by atoms with Crippen molar-refractivity contribution < 1.29 is 24.6 Å². The zero-order valence-electron chi connectivity index (χ0n) is 15.1. The number of aliphatic hydroxyl groups is 2. The van der Waals surface area contributed by atoms with E-state index in [0.29, 0.717) is 17.6 Å². The minimum Gasteiger partial charge on any atom is -0.387 e. The fourth-order valence-electron chi connectivity index (χ4n) is 2.80. The molecule has 13 heteroatoms. The zero-order chi connectivity index (χ0) is 20.3. The predicted octanol–water partition coefficient (Wildman–Crippen LogP) is -1.84. The van der Waals surface area contributed by atoms with Gasteiger partial charge >= 0.3 is 0 Å². The Morgan fingerprint density at radius 3 is 2.96 bits per heavy atom. The van der Waals surface area contributed by atoms with E-state index in [2.05, 4.69) is 20.4 Å². The minimum atomic E-state index is -1.26. The molecule has 0 aromatic carbocycles. The van der Waals surface area contributed by atoms with Gasteiger partial charge in [-0.2, -0.15) is 11.8 Å². The second kappa shape index (κ2) is 8.98. The Bertz CT molecular complexity index is 821. The molecule has 3 rings (SSSR count). The fourth-order valence-corrected chi connectivity index (χ4v) is 3.29. The average molecular weight is 413 g/mol. The monoisotopic (exact) mass is 413 g/mol. The lowest BCUT2D eigenvalue weighted by atomic mass is 10.1. The number of imidazole rings is 1. The lowest BCUT2D eigenvalue weighted by Crippen LogP contribution is -2.43. The molecule has 1 fully saturated rings. The summed E-state index contributed by atoms with van der Waals surface area (Å²) in [5, 5.41) is 20.6. The third-order valence-corrected chi connectivity index (χ3v) is 5.03. The Morgan fingerprint density at radius 2 is 2.21 bits per heavy atom. The molecule has 0 saturated carbocycles. The highest BCUT2D eigenvalue weighted by Gasteiger charge is 2.44. The molecule has 0 radical (unpaired) electrons. The number of nitrogens with one attached hydrogen (secondary N) is 1. The van der Waals surface area contributed by atoms with Crippen molar-refractivity contribution in [3.8, 4) is 0 Å². The van der Waals surface area contributed by atoms with Crippen LogP contribution in [0.2, 0.25) is 0 Å². The van der Waals surface area contributed by atoms with Crippen molar-refractivity contribution in [3.05, 3.63) is 12.7 Å². The van der Waals surface area contributed by atoms with Crippen LogP contribution in [-0.4, -0.2) is 78.6 Å². The van der Waals surface area contributed by atoms with E-state index in [1.165, 1.54) is 17.2 Å². The Labute approximate surface area is 164 Å². The van der Waals surface area contributed by atoms with E-state index in [9.17, 15) is 15.0 Å². The van der Waals surface area contributed by atoms with Crippen molar-refractivity contribution >= 4 is 34.7 Å². The molecule has 1 saturated heterocycles. The number of nitrogens with zero attached hydrogens (tertiary/aromatic N) is 4. The number of fused-ring (bicyclic) bond motifs is 1. The van der Waals surface area contributed by atoms with Crippen molar-refractivity contribution in [1.82, 2.24) is 25.0 Å². The van der Waals surface area contributed by atoms with Gasteiger partial charge in [-0.3, -0.25) is 14.2 Å². The molecule has 154 valence electrons. The largest absolute Gasteiger partial charge is 0.387 e.